The first kappa shape index (κ1) is 56.5. The molecule has 0 fully saturated rings. The molecule has 0 saturated carbocycles. The van der Waals surface area contributed by atoms with Crippen molar-refractivity contribution < 1.29 is 48.1 Å². The number of carbonyl (C=O) groups excluding carboxylic acids is 6. The van der Waals surface area contributed by atoms with Crippen LogP contribution < -0.4 is 16.0 Å². The molecular weight excluding hydrogens is 767 g/mol. The molecule has 0 spiro atoms. The Bertz CT molecular complexity index is 1210. The highest BCUT2D eigenvalue weighted by atomic mass is 16.5. The molecule has 3 amide bonds. The van der Waals surface area contributed by atoms with E-state index in [9.17, 15) is 33.6 Å². The SMILES string of the molecule is CCC(CCCCNC(=O)CCCCCCCCC(=O)NC(CC(C)C)C(=O)OCCCCCCOC(=O)C(CC(C)C)NC(=O)CCCCCCCCC(C)=O)C(=O)O. The van der Waals surface area contributed by atoms with Crippen LogP contribution in [-0.2, 0) is 43.0 Å². The van der Waals surface area contributed by atoms with E-state index in [2.05, 4.69) is 16.0 Å². The van der Waals surface area contributed by atoms with Gasteiger partial charge in [-0.3, -0.25) is 19.2 Å². The smallest absolute Gasteiger partial charge is 0.328 e. The maximum absolute atomic E-state index is 12.9. The number of aliphatic carboxylic acids is 1. The highest BCUT2D eigenvalue weighted by Gasteiger charge is 2.24. The second-order valence-electron chi connectivity index (χ2n) is 17.5. The van der Waals surface area contributed by atoms with Crippen molar-refractivity contribution in [1.29, 1.82) is 0 Å². The minimum Gasteiger partial charge on any atom is -0.481 e. The molecular formula is C47H85N3O10. The number of hydrogen-bond donors (Lipinski definition) is 4. The number of carboxylic acids is 1. The molecule has 0 heterocycles. The van der Waals surface area contributed by atoms with E-state index in [1.807, 2.05) is 34.6 Å². The Hall–Kier alpha value is -3.51. The van der Waals surface area contributed by atoms with Crippen LogP contribution in [0.1, 0.15) is 208 Å². The lowest BCUT2D eigenvalue weighted by atomic mass is 9.99. The Morgan fingerprint density at radius 3 is 1.27 bits per heavy atom. The minimum absolute atomic E-state index is 0.0328. The van der Waals surface area contributed by atoms with Gasteiger partial charge in [0.1, 0.15) is 17.9 Å². The molecule has 0 aliphatic carbocycles. The summed E-state index contributed by atoms with van der Waals surface area (Å²) in [6, 6.07) is -1.35. The van der Waals surface area contributed by atoms with Crippen LogP contribution in [-0.4, -0.2) is 78.4 Å². The van der Waals surface area contributed by atoms with E-state index in [1.54, 1.807) is 6.92 Å². The number of unbranched alkanes of at least 4 members (excludes halogenated alkanes) is 14. The van der Waals surface area contributed by atoms with Gasteiger partial charge >= 0.3 is 17.9 Å². The molecule has 13 nitrogen and oxygen atoms in total. The van der Waals surface area contributed by atoms with Crippen LogP contribution in [0.5, 0.6) is 0 Å². The van der Waals surface area contributed by atoms with Crippen LogP contribution in [0.2, 0.25) is 0 Å². The quantitative estimate of drug-likeness (QED) is 0.0342. The third-order valence-corrected chi connectivity index (χ3v) is 10.6. The number of nitrogens with one attached hydrogen (secondary N) is 3. The van der Waals surface area contributed by atoms with E-state index < -0.39 is 30.0 Å². The molecule has 13 heteroatoms. The average molecular weight is 852 g/mol. The summed E-state index contributed by atoms with van der Waals surface area (Å²) in [7, 11) is 0. The van der Waals surface area contributed by atoms with Crippen molar-refractivity contribution in [3.05, 3.63) is 0 Å². The van der Waals surface area contributed by atoms with Gasteiger partial charge in [-0.05, 0) is 102 Å². The van der Waals surface area contributed by atoms with Gasteiger partial charge in [-0.1, -0.05) is 92.4 Å². The summed E-state index contributed by atoms with van der Waals surface area (Å²) >= 11 is 0. The molecule has 0 radical (unpaired) electrons. The summed E-state index contributed by atoms with van der Waals surface area (Å²) < 4.78 is 11.1. The number of amides is 3. The predicted octanol–water partition coefficient (Wildman–Crippen LogP) is 8.92. The summed E-state index contributed by atoms with van der Waals surface area (Å²) in [6.45, 7) is 12.6. The largest absolute Gasteiger partial charge is 0.481 e. The summed E-state index contributed by atoms with van der Waals surface area (Å²) in [5, 5.41) is 17.8. The highest BCUT2D eigenvalue weighted by Crippen LogP contribution is 2.15. The summed E-state index contributed by atoms with van der Waals surface area (Å²) in [5.41, 5.74) is 0. The van der Waals surface area contributed by atoms with Crippen molar-refractivity contribution in [2.45, 2.75) is 221 Å². The van der Waals surface area contributed by atoms with E-state index >= 15 is 0 Å². The molecule has 0 rings (SSSR count). The molecule has 60 heavy (non-hydrogen) atoms. The molecule has 4 N–H and O–H groups in total. The first-order valence-corrected chi connectivity index (χ1v) is 23.6. The van der Waals surface area contributed by atoms with E-state index in [-0.39, 0.29) is 54.5 Å². The van der Waals surface area contributed by atoms with Crippen molar-refractivity contribution in [1.82, 2.24) is 16.0 Å². The monoisotopic (exact) mass is 852 g/mol. The predicted molar refractivity (Wildman–Crippen MR) is 236 cm³/mol. The topological polar surface area (TPSA) is 194 Å². The number of ether oxygens (including phenoxy) is 2. The van der Waals surface area contributed by atoms with E-state index in [4.69, 9.17) is 14.6 Å². The first-order chi connectivity index (χ1) is 28.7. The lowest BCUT2D eigenvalue weighted by Crippen LogP contribution is -2.42. The van der Waals surface area contributed by atoms with Gasteiger partial charge in [0.25, 0.3) is 0 Å². The number of carbonyl (C=O) groups is 7. The van der Waals surface area contributed by atoms with E-state index in [0.29, 0.717) is 70.8 Å². The van der Waals surface area contributed by atoms with Crippen molar-refractivity contribution in [2.24, 2.45) is 17.8 Å². The fraction of sp³-hybridized carbons (Fsp3) is 0.851. The maximum atomic E-state index is 12.9. The zero-order valence-corrected chi connectivity index (χ0v) is 38.5. The average Bonchev–Trinajstić information content (AvgIpc) is 3.17. The van der Waals surface area contributed by atoms with Crippen LogP contribution >= 0.6 is 0 Å². The zero-order valence-electron chi connectivity index (χ0n) is 38.5. The van der Waals surface area contributed by atoms with Crippen LogP contribution in [0.15, 0.2) is 0 Å². The third-order valence-electron chi connectivity index (χ3n) is 10.6. The van der Waals surface area contributed by atoms with Crippen LogP contribution in [0, 0.1) is 17.8 Å². The van der Waals surface area contributed by atoms with Crippen molar-refractivity contribution in [3.63, 3.8) is 0 Å². The molecule has 348 valence electrons. The number of hydrogen-bond acceptors (Lipinski definition) is 9. The molecule has 0 aromatic rings. The Kier molecular flexibility index (Phi) is 35.1. The summed E-state index contributed by atoms with van der Waals surface area (Å²) in [5.74, 6) is -1.50. The zero-order chi connectivity index (χ0) is 45.0. The van der Waals surface area contributed by atoms with E-state index in [1.165, 1.54) is 0 Å². The Labute approximate surface area is 362 Å². The van der Waals surface area contributed by atoms with Crippen molar-refractivity contribution in [3.8, 4) is 0 Å². The molecule has 0 aliphatic rings. The van der Waals surface area contributed by atoms with Gasteiger partial charge in [-0.25, -0.2) is 9.59 Å². The number of esters is 2. The number of rotatable bonds is 40. The van der Waals surface area contributed by atoms with Crippen LogP contribution in [0.25, 0.3) is 0 Å². The van der Waals surface area contributed by atoms with Gasteiger partial charge in [0.15, 0.2) is 0 Å². The molecule has 3 atom stereocenters. The Morgan fingerprint density at radius 2 is 0.883 bits per heavy atom. The fourth-order valence-electron chi connectivity index (χ4n) is 6.99. The number of ketones is 1. The van der Waals surface area contributed by atoms with Gasteiger partial charge in [0.2, 0.25) is 17.7 Å². The first-order valence-electron chi connectivity index (χ1n) is 23.6. The van der Waals surface area contributed by atoms with Crippen molar-refractivity contribution in [2.75, 3.05) is 19.8 Å². The Morgan fingerprint density at radius 1 is 0.500 bits per heavy atom. The maximum Gasteiger partial charge on any atom is 0.328 e. The number of carboxylic acid groups (broad SMARTS) is 1. The standard InChI is InChI=1S/C47H85N3O10/c1-7-39(45(55)56)27-22-23-31-48-42(52)28-19-13-10-11-15-21-30-44(54)50-41(35-37(4)5)47(58)60-33-25-17-16-24-32-59-46(57)40(34-36(2)3)49-43(53)29-20-14-9-8-12-18-26-38(6)51/h36-37,39-41H,7-35H2,1-6H3,(H,48,52)(H,49,53)(H,50,54)(H,55,56). The third kappa shape index (κ3) is 34.2. The van der Waals surface area contributed by atoms with Gasteiger partial charge in [-0.2, -0.15) is 0 Å². The second kappa shape index (κ2) is 37.3. The van der Waals surface area contributed by atoms with Gasteiger partial charge < -0.3 is 35.3 Å². The minimum atomic E-state index is -0.751. The normalized spacial score (nSPS) is 12.7. The molecule has 0 saturated heterocycles. The Balaban J connectivity index is 4.18. The van der Waals surface area contributed by atoms with Gasteiger partial charge in [-0.15, -0.1) is 0 Å². The molecule has 0 aromatic heterocycles. The van der Waals surface area contributed by atoms with Crippen molar-refractivity contribution >= 4 is 41.4 Å². The van der Waals surface area contributed by atoms with Crippen LogP contribution in [0.3, 0.4) is 0 Å². The fourth-order valence-corrected chi connectivity index (χ4v) is 6.99. The molecule has 0 aromatic carbocycles. The highest BCUT2D eigenvalue weighted by molar-refractivity contribution is 5.85. The van der Waals surface area contributed by atoms with Crippen LogP contribution in [0.4, 0.5) is 0 Å². The lowest BCUT2D eigenvalue weighted by molar-refractivity contribution is -0.149. The summed E-state index contributed by atoms with van der Waals surface area (Å²) in [6.07, 6.45) is 19.7. The van der Waals surface area contributed by atoms with Gasteiger partial charge in [0.05, 0.1) is 19.1 Å². The second-order valence-corrected chi connectivity index (χ2v) is 17.5. The molecule has 0 bridgehead atoms. The van der Waals surface area contributed by atoms with Gasteiger partial charge in [0, 0.05) is 32.2 Å². The summed E-state index contributed by atoms with van der Waals surface area (Å²) in [4.78, 5) is 85.1. The molecule has 0 aliphatic heterocycles. The lowest BCUT2D eigenvalue weighted by Gasteiger charge is -2.20. The molecule has 3 unspecified atom stereocenters. The number of Topliss-reactive ketones (excluding diaryl/α,β-unsaturated/α-hetero) is 1. The van der Waals surface area contributed by atoms with E-state index in [0.717, 1.165) is 103 Å².